The third-order valence-corrected chi connectivity index (χ3v) is 3.52. The van der Waals surface area contributed by atoms with Gasteiger partial charge in [0.15, 0.2) is 0 Å². The highest BCUT2D eigenvalue weighted by Crippen LogP contribution is 2.54. The van der Waals surface area contributed by atoms with E-state index >= 15 is 0 Å². The molecule has 0 aliphatic carbocycles. The van der Waals surface area contributed by atoms with Crippen molar-refractivity contribution in [1.29, 1.82) is 5.16 Å². The van der Waals surface area contributed by atoms with Crippen LogP contribution >= 0.6 is 30.0 Å². The van der Waals surface area contributed by atoms with Crippen LogP contribution in [0.5, 0.6) is 0 Å². The largest absolute Gasteiger partial charge is 0.294 e. The number of benzene rings is 1. The Morgan fingerprint density at radius 2 is 1.60 bits per heavy atom. The maximum Gasteiger partial charge on any atom is 0.0933 e. The van der Waals surface area contributed by atoms with Gasteiger partial charge in [0.05, 0.1) is 5.46 Å². The first-order chi connectivity index (χ1) is 4.61. The lowest BCUT2D eigenvalue weighted by Gasteiger charge is -2.06. The molecule has 0 atom stereocenters. The van der Waals surface area contributed by atoms with Gasteiger partial charge in [0.2, 0.25) is 0 Å². The summed E-state index contributed by atoms with van der Waals surface area (Å²) in [6, 6.07) is 9.46. The topological polar surface area (TPSA) is 23.9 Å². The molecule has 0 bridgehead atoms. The number of thiol groups is 2. The lowest BCUT2D eigenvalue weighted by Crippen LogP contribution is -1.93. The van der Waals surface area contributed by atoms with Crippen molar-refractivity contribution >= 4 is 35.3 Å². The van der Waals surface area contributed by atoms with Crippen molar-refractivity contribution in [3.63, 3.8) is 0 Å². The van der Waals surface area contributed by atoms with Crippen molar-refractivity contribution in [1.82, 2.24) is 0 Å². The van der Waals surface area contributed by atoms with Crippen LogP contribution in [0.4, 0.5) is 0 Å². The fourth-order valence-electron chi connectivity index (χ4n) is 0.636. The summed E-state index contributed by atoms with van der Waals surface area (Å²) in [7, 11) is 0. The van der Waals surface area contributed by atoms with Crippen LogP contribution in [0.25, 0.3) is 0 Å². The second-order valence-electron chi connectivity index (χ2n) is 1.94. The SMILES string of the molecule is N=P(S)(S)c1ccccc1. The summed E-state index contributed by atoms with van der Waals surface area (Å²) in [5.74, 6) is 0. The maximum absolute atomic E-state index is 7.51. The molecule has 0 aliphatic heterocycles. The molecule has 1 nitrogen and oxygen atoms in total. The van der Waals surface area contributed by atoms with Crippen LogP contribution < -0.4 is 5.30 Å². The molecule has 0 unspecified atom stereocenters. The first kappa shape index (κ1) is 8.25. The van der Waals surface area contributed by atoms with Crippen LogP contribution in [-0.2, 0) is 0 Å². The minimum atomic E-state index is -2.13. The van der Waals surface area contributed by atoms with E-state index in [1.54, 1.807) is 0 Å². The molecular weight excluding hydrogens is 181 g/mol. The molecule has 0 aliphatic rings. The molecule has 0 radical (unpaired) electrons. The molecule has 0 spiro atoms. The zero-order chi connectivity index (χ0) is 7.61. The van der Waals surface area contributed by atoms with Gasteiger partial charge in [-0.25, -0.2) is 0 Å². The number of hydrogen-bond donors (Lipinski definition) is 3. The molecule has 0 fully saturated rings. The van der Waals surface area contributed by atoms with E-state index in [2.05, 4.69) is 24.5 Å². The normalized spacial score (nSPS) is 11.4. The fourth-order valence-corrected chi connectivity index (χ4v) is 2.02. The monoisotopic (exact) mass is 189 g/mol. The summed E-state index contributed by atoms with van der Waals surface area (Å²) in [4.78, 5) is 0. The molecule has 54 valence electrons. The smallest absolute Gasteiger partial charge is 0.0933 e. The molecule has 10 heavy (non-hydrogen) atoms. The third-order valence-electron chi connectivity index (χ3n) is 1.12. The average Bonchev–Trinajstić information content (AvgIpc) is 1.88. The standard InChI is InChI=1S/C6H8NPS2/c7-8(9,10)6-4-2-1-3-5-6/h1-5H,(H3,7,9,10). The predicted molar refractivity (Wildman–Crippen MR) is 53.7 cm³/mol. The summed E-state index contributed by atoms with van der Waals surface area (Å²) in [5, 5.41) is 8.42. The van der Waals surface area contributed by atoms with E-state index in [1.807, 2.05) is 30.3 Å². The Balaban J connectivity index is 3.09. The van der Waals surface area contributed by atoms with E-state index < -0.39 is 5.46 Å². The molecular formula is C6H8NPS2. The van der Waals surface area contributed by atoms with Crippen molar-refractivity contribution in [2.24, 2.45) is 0 Å². The molecule has 4 heteroatoms. The third kappa shape index (κ3) is 2.08. The van der Waals surface area contributed by atoms with Crippen LogP contribution in [0.1, 0.15) is 0 Å². The average molecular weight is 189 g/mol. The van der Waals surface area contributed by atoms with Gasteiger partial charge in [0, 0.05) is 5.30 Å². The molecule has 0 saturated carbocycles. The summed E-state index contributed by atoms with van der Waals surface area (Å²) < 4.78 is 0. The fraction of sp³-hybridized carbons (Fsp3) is 0. The van der Waals surface area contributed by atoms with Crippen molar-refractivity contribution in [3.05, 3.63) is 30.3 Å². The molecule has 1 aromatic rings. The van der Waals surface area contributed by atoms with Crippen molar-refractivity contribution in [2.45, 2.75) is 0 Å². The Morgan fingerprint density at radius 3 is 1.90 bits per heavy atom. The molecule has 0 heterocycles. The quantitative estimate of drug-likeness (QED) is 0.447. The molecule has 1 rings (SSSR count). The van der Waals surface area contributed by atoms with Gasteiger partial charge in [0.25, 0.3) is 0 Å². The van der Waals surface area contributed by atoms with Gasteiger partial charge in [-0.15, -0.1) is 24.5 Å². The van der Waals surface area contributed by atoms with Gasteiger partial charge in [-0.2, -0.15) is 0 Å². The van der Waals surface area contributed by atoms with Crippen LogP contribution in [0.15, 0.2) is 30.3 Å². The highest BCUT2D eigenvalue weighted by Gasteiger charge is 2.05. The first-order valence-electron chi connectivity index (χ1n) is 2.76. The van der Waals surface area contributed by atoms with Gasteiger partial charge in [-0.3, -0.25) is 5.16 Å². The summed E-state index contributed by atoms with van der Waals surface area (Å²) in [5.41, 5.74) is -2.13. The van der Waals surface area contributed by atoms with E-state index in [0.717, 1.165) is 5.30 Å². The lowest BCUT2D eigenvalue weighted by molar-refractivity contribution is 1.63. The number of nitrogens with one attached hydrogen (secondary N) is 1. The minimum absolute atomic E-state index is 0.904. The molecule has 0 amide bonds. The zero-order valence-corrected chi connectivity index (χ0v) is 7.91. The zero-order valence-electron chi connectivity index (χ0n) is 5.23. The molecule has 1 aromatic carbocycles. The van der Waals surface area contributed by atoms with Gasteiger partial charge in [-0.05, 0) is 0 Å². The Morgan fingerprint density at radius 1 is 1.10 bits per heavy atom. The van der Waals surface area contributed by atoms with Crippen LogP contribution in [0, 0.1) is 5.16 Å². The van der Waals surface area contributed by atoms with Crippen LogP contribution in [0.3, 0.4) is 0 Å². The highest BCUT2D eigenvalue weighted by molar-refractivity contribution is 8.83. The predicted octanol–water partition coefficient (Wildman–Crippen LogP) is 2.78. The van der Waals surface area contributed by atoms with Gasteiger partial charge >= 0.3 is 0 Å². The van der Waals surface area contributed by atoms with E-state index in [-0.39, 0.29) is 0 Å². The Kier molecular flexibility index (Phi) is 2.50. The van der Waals surface area contributed by atoms with Crippen molar-refractivity contribution in [2.75, 3.05) is 0 Å². The highest BCUT2D eigenvalue weighted by atomic mass is 33.1. The number of hydrogen-bond acceptors (Lipinski definition) is 1. The summed E-state index contributed by atoms with van der Waals surface area (Å²) in [6.45, 7) is 0. The lowest BCUT2D eigenvalue weighted by atomic mass is 10.4. The van der Waals surface area contributed by atoms with Gasteiger partial charge < -0.3 is 0 Å². The van der Waals surface area contributed by atoms with Crippen molar-refractivity contribution < 1.29 is 0 Å². The Hall–Kier alpha value is 0.150. The molecule has 1 N–H and O–H groups in total. The van der Waals surface area contributed by atoms with Gasteiger partial charge in [0.1, 0.15) is 0 Å². The first-order valence-corrected chi connectivity index (χ1v) is 6.85. The van der Waals surface area contributed by atoms with Crippen LogP contribution in [-0.4, -0.2) is 0 Å². The van der Waals surface area contributed by atoms with Gasteiger partial charge in [-0.1, -0.05) is 30.3 Å². The molecule has 0 aromatic heterocycles. The Labute approximate surface area is 71.0 Å². The second kappa shape index (κ2) is 3.04. The Bertz CT molecular complexity index is 254. The second-order valence-corrected chi connectivity index (χ2v) is 8.20. The van der Waals surface area contributed by atoms with E-state index in [1.165, 1.54) is 0 Å². The van der Waals surface area contributed by atoms with Crippen molar-refractivity contribution in [3.8, 4) is 0 Å². The maximum atomic E-state index is 7.51. The van der Waals surface area contributed by atoms with E-state index in [0.29, 0.717) is 0 Å². The summed E-state index contributed by atoms with van der Waals surface area (Å²) in [6.07, 6.45) is 0. The number of rotatable bonds is 1. The minimum Gasteiger partial charge on any atom is -0.294 e. The van der Waals surface area contributed by atoms with E-state index in [9.17, 15) is 0 Å². The summed E-state index contributed by atoms with van der Waals surface area (Å²) >= 11 is 8.17. The van der Waals surface area contributed by atoms with E-state index in [4.69, 9.17) is 5.16 Å². The van der Waals surface area contributed by atoms with Crippen LogP contribution in [0.2, 0.25) is 0 Å². The molecule has 0 saturated heterocycles.